The van der Waals surface area contributed by atoms with Crippen molar-refractivity contribution in [2.45, 2.75) is 20.0 Å². The fourth-order valence-electron chi connectivity index (χ4n) is 3.18. The van der Waals surface area contributed by atoms with E-state index in [1.165, 1.54) is 12.1 Å². The summed E-state index contributed by atoms with van der Waals surface area (Å²) in [5.41, 5.74) is 9.73. The van der Waals surface area contributed by atoms with Crippen LogP contribution in [-0.2, 0) is 13.1 Å². The first-order valence-electron chi connectivity index (χ1n) is 8.64. The second kappa shape index (κ2) is 7.13. The Morgan fingerprint density at radius 2 is 2.00 bits per heavy atom. The van der Waals surface area contributed by atoms with Crippen LogP contribution >= 0.6 is 0 Å². The Balaban J connectivity index is 1.67. The minimum Gasteiger partial charge on any atom is -0.365 e. The second-order valence-electron chi connectivity index (χ2n) is 6.30. The predicted octanol–water partition coefficient (Wildman–Crippen LogP) is 3.33. The first-order valence-corrected chi connectivity index (χ1v) is 8.64. The Morgan fingerprint density at radius 1 is 1.15 bits per heavy atom. The molecule has 0 bridgehead atoms. The number of aryl methyl sites for hydroxylation is 1. The molecule has 4 aromatic rings. The molecule has 136 valence electrons. The van der Waals surface area contributed by atoms with E-state index in [-0.39, 0.29) is 5.82 Å². The lowest BCUT2D eigenvalue weighted by Gasteiger charge is -2.09. The minimum absolute atomic E-state index is 0.263. The number of halogens is 1. The summed E-state index contributed by atoms with van der Waals surface area (Å²) in [5, 5.41) is 12.5. The van der Waals surface area contributed by atoms with E-state index >= 15 is 0 Å². The molecule has 0 aliphatic heterocycles. The second-order valence-corrected chi connectivity index (χ2v) is 6.30. The van der Waals surface area contributed by atoms with Crippen LogP contribution < -0.4 is 11.1 Å². The van der Waals surface area contributed by atoms with Gasteiger partial charge in [0.25, 0.3) is 5.95 Å². The molecule has 0 aliphatic carbocycles. The first-order chi connectivity index (χ1) is 13.2. The lowest BCUT2D eigenvalue weighted by atomic mass is 10.1. The molecule has 0 spiro atoms. The molecule has 0 amide bonds. The Hall–Kier alpha value is -3.32. The van der Waals surface area contributed by atoms with Crippen molar-refractivity contribution >= 4 is 16.7 Å². The fourth-order valence-corrected chi connectivity index (χ4v) is 3.18. The standard InChI is InChI=1S/C20H19FN6/c1-13-8-17-15(10-22)5-3-7-18(17)27(13)20-25-19(12-24-26-20)23-11-14-4-2-6-16(21)9-14/h2-9,12H,10-11,22H2,1H3,(H,23,25,26). The number of aromatic nitrogens is 4. The molecule has 0 atom stereocenters. The van der Waals surface area contributed by atoms with Crippen LogP contribution in [0.4, 0.5) is 10.2 Å². The number of fused-ring (bicyclic) bond motifs is 1. The normalized spacial score (nSPS) is 11.1. The zero-order valence-electron chi connectivity index (χ0n) is 14.9. The van der Waals surface area contributed by atoms with Gasteiger partial charge in [0.1, 0.15) is 5.82 Å². The smallest absolute Gasteiger partial charge is 0.256 e. The van der Waals surface area contributed by atoms with E-state index in [9.17, 15) is 4.39 Å². The Labute approximate surface area is 155 Å². The maximum Gasteiger partial charge on any atom is 0.256 e. The lowest BCUT2D eigenvalue weighted by Crippen LogP contribution is -2.08. The summed E-state index contributed by atoms with van der Waals surface area (Å²) < 4.78 is 15.3. The number of rotatable bonds is 5. The number of hydrogen-bond acceptors (Lipinski definition) is 5. The SMILES string of the molecule is Cc1cc2c(CN)cccc2n1-c1nncc(NCc2cccc(F)c2)n1. The number of nitrogens with zero attached hydrogens (tertiary/aromatic N) is 4. The molecule has 0 saturated heterocycles. The van der Waals surface area contributed by atoms with Crippen LogP contribution in [0.1, 0.15) is 16.8 Å². The van der Waals surface area contributed by atoms with Crippen molar-refractivity contribution in [3.63, 3.8) is 0 Å². The number of hydrogen-bond donors (Lipinski definition) is 2. The van der Waals surface area contributed by atoms with Gasteiger partial charge in [-0.25, -0.2) is 4.39 Å². The Morgan fingerprint density at radius 3 is 2.81 bits per heavy atom. The number of nitrogens with two attached hydrogens (primary N) is 1. The van der Waals surface area contributed by atoms with Gasteiger partial charge in [0.05, 0.1) is 11.7 Å². The van der Waals surface area contributed by atoms with E-state index in [0.29, 0.717) is 24.9 Å². The molecule has 0 unspecified atom stereocenters. The topological polar surface area (TPSA) is 81.7 Å². The summed E-state index contributed by atoms with van der Waals surface area (Å²) in [6.45, 7) is 2.91. The molecular weight excluding hydrogens is 343 g/mol. The Bertz CT molecular complexity index is 1100. The van der Waals surface area contributed by atoms with Gasteiger partial charge in [-0.3, -0.25) is 4.57 Å². The summed E-state index contributed by atoms with van der Waals surface area (Å²) in [5.74, 6) is 0.780. The zero-order chi connectivity index (χ0) is 18.8. The highest BCUT2D eigenvalue weighted by atomic mass is 19.1. The van der Waals surface area contributed by atoms with Crippen LogP contribution in [0, 0.1) is 12.7 Å². The van der Waals surface area contributed by atoms with Gasteiger partial charge >= 0.3 is 0 Å². The summed E-state index contributed by atoms with van der Waals surface area (Å²) in [4.78, 5) is 4.57. The third-order valence-corrected chi connectivity index (χ3v) is 4.45. The van der Waals surface area contributed by atoms with Crippen LogP contribution in [-0.4, -0.2) is 19.7 Å². The van der Waals surface area contributed by atoms with Gasteiger partial charge in [-0.2, -0.15) is 10.1 Å². The average molecular weight is 362 g/mol. The maximum absolute atomic E-state index is 13.3. The zero-order valence-corrected chi connectivity index (χ0v) is 14.9. The third-order valence-electron chi connectivity index (χ3n) is 4.45. The van der Waals surface area contributed by atoms with E-state index < -0.39 is 0 Å². The van der Waals surface area contributed by atoms with Gasteiger partial charge < -0.3 is 11.1 Å². The molecule has 4 rings (SSSR count). The summed E-state index contributed by atoms with van der Waals surface area (Å²) in [6.07, 6.45) is 1.55. The highest BCUT2D eigenvalue weighted by molar-refractivity contribution is 5.86. The first kappa shape index (κ1) is 17.1. The van der Waals surface area contributed by atoms with Crippen LogP contribution in [0.3, 0.4) is 0 Å². The van der Waals surface area contributed by atoms with Crippen molar-refractivity contribution in [1.29, 1.82) is 0 Å². The van der Waals surface area contributed by atoms with E-state index in [4.69, 9.17) is 5.73 Å². The van der Waals surface area contributed by atoms with Crippen molar-refractivity contribution in [3.05, 3.63) is 77.4 Å². The number of anilines is 1. The largest absolute Gasteiger partial charge is 0.365 e. The highest BCUT2D eigenvalue weighted by Gasteiger charge is 2.13. The molecule has 3 N–H and O–H groups in total. The van der Waals surface area contributed by atoms with E-state index in [2.05, 4.69) is 26.6 Å². The van der Waals surface area contributed by atoms with E-state index in [1.807, 2.05) is 35.8 Å². The van der Waals surface area contributed by atoms with Crippen molar-refractivity contribution < 1.29 is 4.39 Å². The summed E-state index contributed by atoms with van der Waals surface area (Å²) >= 11 is 0. The van der Waals surface area contributed by atoms with Gasteiger partial charge in [0, 0.05) is 24.2 Å². The molecule has 6 nitrogen and oxygen atoms in total. The predicted molar refractivity (Wildman–Crippen MR) is 103 cm³/mol. The fraction of sp³-hybridized carbons (Fsp3) is 0.150. The van der Waals surface area contributed by atoms with Crippen molar-refractivity contribution in [1.82, 2.24) is 19.7 Å². The molecule has 2 aromatic heterocycles. The molecular formula is C20H19FN6. The van der Waals surface area contributed by atoms with Crippen LogP contribution in [0.15, 0.2) is 54.7 Å². The maximum atomic E-state index is 13.3. The van der Waals surface area contributed by atoms with Crippen molar-refractivity contribution in [2.75, 3.05) is 5.32 Å². The van der Waals surface area contributed by atoms with Crippen molar-refractivity contribution in [3.8, 4) is 5.95 Å². The quantitative estimate of drug-likeness (QED) is 0.569. The lowest BCUT2D eigenvalue weighted by molar-refractivity contribution is 0.626. The molecule has 27 heavy (non-hydrogen) atoms. The molecule has 0 fully saturated rings. The van der Waals surface area contributed by atoms with Crippen LogP contribution in [0.5, 0.6) is 0 Å². The number of benzene rings is 2. The van der Waals surface area contributed by atoms with Crippen LogP contribution in [0.25, 0.3) is 16.9 Å². The third kappa shape index (κ3) is 3.37. The Kier molecular flexibility index (Phi) is 4.52. The summed E-state index contributed by atoms with van der Waals surface area (Å²) in [7, 11) is 0. The molecule has 0 saturated carbocycles. The van der Waals surface area contributed by atoms with Gasteiger partial charge in [0.2, 0.25) is 0 Å². The van der Waals surface area contributed by atoms with Crippen molar-refractivity contribution in [2.24, 2.45) is 5.73 Å². The average Bonchev–Trinajstić information content (AvgIpc) is 3.02. The molecule has 0 aliphatic rings. The molecule has 0 radical (unpaired) electrons. The number of nitrogens with one attached hydrogen (secondary N) is 1. The monoisotopic (exact) mass is 362 g/mol. The van der Waals surface area contributed by atoms with Gasteiger partial charge in [-0.05, 0) is 42.3 Å². The van der Waals surface area contributed by atoms with Gasteiger partial charge in [0.15, 0.2) is 5.82 Å². The molecule has 2 heterocycles. The van der Waals surface area contributed by atoms with E-state index in [0.717, 1.165) is 27.7 Å². The van der Waals surface area contributed by atoms with Crippen LogP contribution in [0.2, 0.25) is 0 Å². The summed E-state index contributed by atoms with van der Waals surface area (Å²) in [6, 6.07) is 14.5. The molecule has 7 heteroatoms. The molecule has 2 aromatic carbocycles. The van der Waals surface area contributed by atoms with E-state index in [1.54, 1.807) is 12.3 Å². The van der Waals surface area contributed by atoms with Gasteiger partial charge in [-0.1, -0.05) is 24.3 Å². The minimum atomic E-state index is -0.263. The highest BCUT2D eigenvalue weighted by Crippen LogP contribution is 2.25. The van der Waals surface area contributed by atoms with Gasteiger partial charge in [-0.15, -0.1) is 5.10 Å².